The van der Waals surface area contributed by atoms with E-state index in [0.717, 1.165) is 25.5 Å². The van der Waals surface area contributed by atoms with Crippen LogP contribution in [0.2, 0.25) is 0 Å². The first kappa shape index (κ1) is 14.0. The first-order valence-electron chi connectivity index (χ1n) is 7.19. The molecule has 2 heteroatoms. The lowest BCUT2D eigenvalue weighted by Gasteiger charge is -2.35. The fraction of sp³-hybridized carbons (Fsp3) is 1.00. The Balaban J connectivity index is 2.48. The standard InChI is InChI=1S/C14H29NO/c1-4-12-16-15(5-2)14-11-9-7-6-8-10-13(14)3/h13-14H,4-12H2,1-3H3. The number of hydrogen-bond acceptors (Lipinski definition) is 2. The van der Waals surface area contributed by atoms with Gasteiger partial charge in [0.2, 0.25) is 0 Å². The van der Waals surface area contributed by atoms with Crippen LogP contribution in [0, 0.1) is 5.92 Å². The van der Waals surface area contributed by atoms with Crippen molar-refractivity contribution < 1.29 is 4.84 Å². The van der Waals surface area contributed by atoms with Crippen molar-refractivity contribution in [3.8, 4) is 0 Å². The molecule has 1 saturated carbocycles. The second-order valence-corrected chi connectivity index (χ2v) is 5.10. The van der Waals surface area contributed by atoms with Gasteiger partial charge in [0.25, 0.3) is 0 Å². The highest BCUT2D eigenvalue weighted by Crippen LogP contribution is 2.26. The van der Waals surface area contributed by atoms with Gasteiger partial charge in [0.15, 0.2) is 0 Å². The van der Waals surface area contributed by atoms with Gasteiger partial charge in [0.05, 0.1) is 6.61 Å². The molecule has 2 unspecified atom stereocenters. The summed E-state index contributed by atoms with van der Waals surface area (Å²) in [6, 6.07) is 0.650. The van der Waals surface area contributed by atoms with Crippen molar-refractivity contribution in [2.24, 2.45) is 5.92 Å². The van der Waals surface area contributed by atoms with E-state index in [-0.39, 0.29) is 0 Å². The summed E-state index contributed by atoms with van der Waals surface area (Å²) in [5.41, 5.74) is 0. The molecular weight excluding hydrogens is 198 g/mol. The van der Waals surface area contributed by atoms with E-state index in [0.29, 0.717) is 6.04 Å². The van der Waals surface area contributed by atoms with E-state index in [2.05, 4.69) is 25.8 Å². The maximum absolute atomic E-state index is 5.88. The number of nitrogens with zero attached hydrogens (tertiary/aromatic N) is 1. The van der Waals surface area contributed by atoms with Crippen LogP contribution in [0.15, 0.2) is 0 Å². The van der Waals surface area contributed by atoms with Crippen LogP contribution in [0.1, 0.15) is 65.7 Å². The SMILES string of the molecule is CCCON(CC)C1CCCCCCC1C. The summed E-state index contributed by atoms with van der Waals surface area (Å²) < 4.78 is 0. The first-order chi connectivity index (χ1) is 7.79. The molecule has 0 saturated heterocycles. The van der Waals surface area contributed by atoms with Crippen LogP contribution in [-0.4, -0.2) is 24.3 Å². The largest absolute Gasteiger partial charge is 0.299 e. The van der Waals surface area contributed by atoms with E-state index < -0.39 is 0 Å². The Morgan fingerprint density at radius 3 is 2.38 bits per heavy atom. The summed E-state index contributed by atoms with van der Waals surface area (Å²) in [6.45, 7) is 8.68. The predicted molar refractivity (Wildman–Crippen MR) is 69.3 cm³/mol. The van der Waals surface area contributed by atoms with Gasteiger partial charge in [0, 0.05) is 12.6 Å². The zero-order valence-corrected chi connectivity index (χ0v) is 11.4. The molecule has 16 heavy (non-hydrogen) atoms. The highest BCUT2D eigenvalue weighted by atomic mass is 16.7. The molecule has 0 radical (unpaired) electrons. The molecule has 2 atom stereocenters. The summed E-state index contributed by atoms with van der Waals surface area (Å²) in [5.74, 6) is 0.789. The second kappa shape index (κ2) is 8.08. The fourth-order valence-electron chi connectivity index (χ4n) is 2.71. The van der Waals surface area contributed by atoms with Crippen molar-refractivity contribution in [2.75, 3.05) is 13.2 Å². The van der Waals surface area contributed by atoms with Crippen LogP contribution in [0.3, 0.4) is 0 Å². The molecule has 0 N–H and O–H groups in total. The van der Waals surface area contributed by atoms with Crippen LogP contribution in [0.25, 0.3) is 0 Å². The molecule has 0 aliphatic heterocycles. The topological polar surface area (TPSA) is 12.5 Å². The minimum atomic E-state index is 0.650. The third-order valence-electron chi connectivity index (χ3n) is 3.71. The molecule has 2 nitrogen and oxygen atoms in total. The number of rotatable bonds is 5. The lowest BCUT2D eigenvalue weighted by Crippen LogP contribution is -2.40. The molecule has 0 aromatic rings. The Bertz CT molecular complexity index is 172. The summed E-state index contributed by atoms with van der Waals surface area (Å²) in [7, 11) is 0. The van der Waals surface area contributed by atoms with Crippen molar-refractivity contribution in [3.05, 3.63) is 0 Å². The van der Waals surface area contributed by atoms with Gasteiger partial charge in [0.1, 0.15) is 0 Å². The van der Waals surface area contributed by atoms with Crippen LogP contribution >= 0.6 is 0 Å². The van der Waals surface area contributed by atoms with Gasteiger partial charge in [-0.15, -0.1) is 0 Å². The normalized spacial score (nSPS) is 27.8. The summed E-state index contributed by atoms with van der Waals surface area (Å²) >= 11 is 0. The number of hydrogen-bond donors (Lipinski definition) is 0. The van der Waals surface area contributed by atoms with E-state index in [9.17, 15) is 0 Å². The Kier molecular flexibility index (Phi) is 7.06. The molecule has 0 heterocycles. The van der Waals surface area contributed by atoms with Gasteiger partial charge in [-0.05, 0) is 25.2 Å². The molecule has 0 aromatic carbocycles. The molecule has 1 aliphatic carbocycles. The zero-order valence-electron chi connectivity index (χ0n) is 11.4. The Hall–Kier alpha value is -0.0800. The lowest BCUT2D eigenvalue weighted by atomic mass is 9.88. The van der Waals surface area contributed by atoms with Crippen molar-refractivity contribution in [2.45, 2.75) is 71.8 Å². The van der Waals surface area contributed by atoms with E-state index in [1.54, 1.807) is 0 Å². The monoisotopic (exact) mass is 227 g/mol. The van der Waals surface area contributed by atoms with Crippen molar-refractivity contribution in [1.82, 2.24) is 5.06 Å². The maximum atomic E-state index is 5.88. The predicted octanol–water partition coefficient (Wildman–Crippen LogP) is 4.01. The van der Waals surface area contributed by atoms with Crippen molar-refractivity contribution in [1.29, 1.82) is 0 Å². The van der Waals surface area contributed by atoms with Crippen LogP contribution < -0.4 is 0 Å². The van der Waals surface area contributed by atoms with Gasteiger partial charge in [-0.2, -0.15) is 5.06 Å². The van der Waals surface area contributed by atoms with Gasteiger partial charge >= 0.3 is 0 Å². The smallest absolute Gasteiger partial charge is 0.0682 e. The van der Waals surface area contributed by atoms with E-state index >= 15 is 0 Å². The summed E-state index contributed by atoms with van der Waals surface area (Å²) in [5, 5.41) is 2.25. The maximum Gasteiger partial charge on any atom is 0.0682 e. The third-order valence-corrected chi connectivity index (χ3v) is 3.71. The van der Waals surface area contributed by atoms with Crippen molar-refractivity contribution in [3.63, 3.8) is 0 Å². The minimum absolute atomic E-state index is 0.650. The highest BCUT2D eigenvalue weighted by Gasteiger charge is 2.24. The third kappa shape index (κ3) is 4.42. The summed E-state index contributed by atoms with van der Waals surface area (Å²) in [4.78, 5) is 5.88. The van der Waals surface area contributed by atoms with Gasteiger partial charge < -0.3 is 0 Å². The van der Waals surface area contributed by atoms with Gasteiger partial charge in [-0.3, -0.25) is 4.84 Å². The molecule has 1 rings (SSSR count). The van der Waals surface area contributed by atoms with E-state index in [1.165, 1.54) is 38.5 Å². The van der Waals surface area contributed by atoms with Crippen LogP contribution in [0.4, 0.5) is 0 Å². The molecule has 0 aromatic heterocycles. The number of hydroxylamine groups is 2. The van der Waals surface area contributed by atoms with E-state index in [4.69, 9.17) is 4.84 Å². The summed E-state index contributed by atoms with van der Waals surface area (Å²) in [6.07, 6.45) is 9.42. The van der Waals surface area contributed by atoms with Crippen molar-refractivity contribution >= 4 is 0 Å². The Morgan fingerprint density at radius 2 is 1.75 bits per heavy atom. The fourth-order valence-corrected chi connectivity index (χ4v) is 2.71. The van der Waals surface area contributed by atoms with Gasteiger partial charge in [-0.25, -0.2) is 0 Å². The average Bonchev–Trinajstić information content (AvgIpc) is 2.28. The zero-order chi connectivity index (χ0) is 11.8. The molecule has 1 fully saturated rings. The lowest BCUT2D eigenvalue weighted by molar-refractivity contribution is -0.196. The molecule has 96 valence electrons. The van der Waals surface area contributed by atoms with E-state index in [1.807, 2.05) is 0 Å². The molecular formula is C14H29NO. The molecule has 0 spiro atoms. The first-order valence-corrected chi connectivity index (χ1v) is 7.19. The Labute approximate surface area is 101 Å². The van der Waals surface area contributed by atoms with Gasteiger partial charge in [-0.1, -0.05) is 46.5 Å². The van der Waals surface area contributed by atoms with Crippen LogP contribution in [0.5, 0.6) is 0 Å². The molecule has 0 bridgehead atoms. The second-order valence-electron chi connectivity index (χ2n) is 5.10. The average molecular weight is 227 g/mol. The molecule has 1 aliphatic rings. The highest BCUT2D eigenvalue weighted by molar-refractivity contribution is 4.75. The van der Waals surface area contributed by atoms with Crippen LogP contribution in [-0.2, 0) is 4.84 Å². The minimum Gasteiger partial charge on any atom is -0.299 e. The molecule has 0 amide bonds. The Morgan fingerprint density at radius 1 is 1.06 bits per heavy atom. The quantitative estimate of drug-likeness (QED) is 0.658.